The molecule has 0 saturated carbocycles. The molecule has 1 aromatic carbocycles. The van der Waals surface area contributed by atoms with Gasteiger partial charge in [-0.3, -0.25) is 13.8 Å². The molecule has 2 aromatic rings. The molecule has 0 aliphatic carbocycles. The number of anilines is 1. The quantitative estimate of drug-likeness (QED) is 0.916. The number of fused-ring (bicyclic) bond motifs is 1. The van der Waals surface area contributed by atoms with Crippen molar-refractivity contribution < 1.29 is 18.3 Å². The molecule has 1 aromatic heterocycles. The third kappa shape index (κ3) is 2.25. The van der Waals surface area contributed by atoms with Crippen LogP contribution >= 0.6 is 0 Å². The summed E-state index contributed by atoms with van der Waals surface area (Å²) in [5.41, 5.74) is 0.943. The third-order valence-electron chi connectivity index (χ3n) is 3.77. The molecule has 1 unspecified atom stereocenters. The predicted molar refractivity (Wildman–Crippen MR) is 79.2 cm³/mol. The fourth-order valence-corrected chi connectivity index (χ4v) is 4.19. The Labute approximate surface area is 127 Å². The number of hydrogen-bond donors (Lipinski definition) is 1. The van der Waals surface area contributed by atoms with Gasteiger partial charge in [0.15, 0.2) is 0 Å². The summed E-state index contributed by atoms with van der Waals surface area (Å²) >= 11 is 0. The Bertz CT molecular complexity index is 828. The van der Waals surface area contributed by atoms with Crippen LogP contribution in [0.25, 0.3) is 0 Å². The van der Waals surface area contributed by atoms with Crippen molar-refractivity contribution in [2.45, 2.75) is 17.2 Å². The van der Waals surface area contributed by atoms with Gasteiger partial charge in [-0.1, -0.05) is 18.2 Å². The topological polar surface area (TPSA) is 92.5 Å². The normalized spacial score (nSPS) is 18.0. The molecule has 1 atom stereocenters. The molecule has 1 aliphatic heterocycles. The van der Waals surface area contributed by atoms with Crippen LogP contribution in [0.3, 0.4) is 0 Å². The van der Waals surface area contributed by atoms with E-state index in [1.165, 1.54) is 21.4 Å². The molecule has 0 fully saturated rings. The molecule has 0 saturated heterocycles. The van der Waals surface area contributed by atoms with Crippen LogP contribution in [-0.4, -0.2) is 35.8 Å². The molecule has 116 valence electrons. The van der Waals surface area contributed by atoms with E-state index in [2.05, 4.69) is 5.10 Å². The molecule has 0 radical (unpaired) electrons. The minimum absolute atomic E-state index is 0.0959. The largest absolute Gasteiger partial charge is 0.481 e. The molecular formula is C14H15N3O4S. The Morgan fingerprint density at radius 3 is 2.73 bits per heavy atom. The minimum atomic E-state index is -3.75. The Balaban J connectivity index is 2.10. The maximum absolute atomic E-state index is 12.8. The van der Waals surface area contributed by atoms with Crippen molar-refractivity contribution in [3.05, 3.63) is 42.2 Å². The summed E-state index contributed by atoms with van der Waals surface area (Å²) in [5, 5.41) is 13.2. The summed E-state index contributed by atoms with van der Waals surface area (Å²) in [5.74, 6) is -1.62. The van der Waals surface area contributed by atoms with Gasteiger partial charge in [-0.15, -0.1) is 0 Å². The smallest absolute Gasteiger partial charge is 0.311 e. The SMILES string of the molecule is Cn1cc(S(=O)(=O)N2CCC(C(=O)O)c3ccccc32)cn1. The number of rotatable bonds is 3. The maximum atomic E-state index is 12.8. The average Bonchev–Trinajstić information content (AvgIpc) is 2.93. The molecule has 8 heteroatoms. The monoisotopic (exact) mass is 321 g/mol. The highest BCUT2D eigenvalue weighted by atomic mass is 32.2. The lowest BCUT2D eigenvalue weighted by Gasteiger charge is -2.32. The van der Waals surface area contributed by atoms with Crippen molar-refractivity contribution in [3.63, 3.8) is 0 Å². The third-order valence-corrected chi connectivity index (χ3v) is 5.54. The van der Waals surface area contributed by atoms with E-state index in [-0.39, 0.29) is 17.9 Å². The number of aliphatic carboxylic acids is 1. The van der Waals surface area contributed by atoms with Gasteiger partial charge in [0, 0.05) is 19.8 Å². The second-order valence-electron chi connectivity index (χ2n) is 5.17. The summed E-state index contributed by atoms with van der Waals surface area (Å²) in [7, 11) is -2.10. The molecule has 3 rings (SSSR count). The fourth-order valence-electron chi connectivity index (χ4n) is 2.70. The van der Waals surface area contributed by atoms with E-state index in [0.717, 1.165) is 0 Å². The van der Waals surface area contributed by atoms with Crippen molar-refractivity contribution in [2.75, 3.05) is 10.8 Å². The predicted octanol–water partition coefficient (Wildman–Crippen LogP) is 1.19. The molecule has 0 bridgehead atoms. The number of para-hydroxylation sites is 1. The van der Waals surface area contributed by atoms with Gasteiger partial charge in [-0.25, -0.2) is 8.42 Å². The number of carboxylic acids is 1. The van der Waals surface area contributed by atoms with Crippen LogP contribution in [0.15, 0.2) is 41.6 Å². The van der Waals surface area contributed by atoms with E-state index in [1.807, 2.05) is 0 Å². The van der Waals surface area contributed by atoms with Crippen LogP contribution in [0.4, 0.5) is 5.69 Å². The summed E-state index contributed by atoms with van der Waals surface area (Å²) in [6.45, 7) is 0.130. The van der Waals surface area contributed by atoms with E-state index < -0.39 is 21.9 Å². The van der Waals surface area contributed by atoms with Crippen molar-refractivity contribution >= 4 is 21.7 Å². The average molecular weight is 321 g/mol. The molecule has 1 aliphatic rings. The summed E-state index contributed by atoms with van der Waals surface area (Å²) in [4.78, 5) is 11.5. The van der Waals surface area contributed by atoms with Crippen LogP contribution in [0.1, 0.15) is 17.9 Å². The standard InChI is InChI=1S/C14H15N3O4S/c1-16-9-10(8-15-16)22(20,21)17-7-6-12(14(18)19)11-4-2-3-5-13(11)17/h2-5,8-9,12H,6-7H2,1H3,(H,18,19). The number of carbonyl (C=O) groups is 1. The zero-order chi connectivity index (χ0) is 15.9. The molecule has 7 nitrogen and oxygen atoms in total. The van der Waals surface area contributed by atoms with Gasteiger partial charge in [0.1, 0.15) is 4.90 Å². The molecule has 2 heterocycles. The number of aryl methyl sites for hydroxylation is 1. The first-order valence-corrected chi connectivity index (χ1v) is 8.18. The Morgan fingerprint density at radius 2 is 2.09 bits per heavy atom. The highest BCUT2D eigenvalue weighted by molar-refractivity contribution is 7.92. The van der Waals surface area contributed by atoms with Crippen molar-refractivity contribution in [1.29, 1.82) is 0 Å². The zero-order valence-electron chi connectivity index (χ0n) is 11.9. The molecule has 22 heavy (non-hydrogen) atoms. The first-order valence-electron chi connectivity index (χ1n) is 6.74. The minimum Gasteiger partial charge on any atom is -0.481 e. The summed E-state index contributed by atoms with van der Waals surface area (Å²) in [6.07, 6.45) is 2.97. The van der Waals surface area contributed by atoms with Crippen LogP contribution in [-0.2, 0) is 21.9 Å². The lowest BCUT2D eigenvalue weighted by Crippen LogP contribution is -2.38. The van der Waals surface area contributed by atoms with Gasteiger partial charge in [0.2, 0.25) is 0 Å². The summed E-state index contributed by atoms with van der Waals surface area (Å²) in [6, 6.07) is 6.72. The lowest BCUT2D eigenvalue weighted by atomic mass is 9.91. The first kappa shape index (κ1) is 14.6. The van der Waals surface area contributed by atoms with Crippen molar-refractivity contribution in [2.24, 2.45) is 7.05 Å². The van der Waals surface area contributed by atoms with Crippen LogP contribution in [0, 0.1) is 0 Å². The van der Waals surface area contributed by atoms with E-state index in [4.69, 9.17) is 0 Å². The van der Waals surface area contributed by atoms with Crippen LogP contribution in [0.2, 0.25) is 0 Å². The van der Waals surface area contributed by atoms with Crippen LogP contribution in [0.5, 0.6) is 0 Å². The van der Waals surface area contributed by atoms with Crippen LogP contribution < -0.4 is 4.31 Å². The number of hydrogen-bond acceptors (Lipinski definition) is 4. The number of nitrogens with zero attached hydrogens (tertiary/aromatic N) is 3. The Kier molecular flexibility index (Phi) is 3.40. The van der Waals surface area contributed by atoms with E-state index in [0.29, 0.717) is 11.3 Å². The van der Waals surface area contributed by atoms with Gasteiger partial charge in [-0.05, 0) is 18.1 Å². The maximum Gasteiger partial charge on any atom is 0.311 e. The number of sulfonamides is 1. The highest BCUT2D eigenvalue weighted by Crippen LogP contribution is 2.38. The Morgan fingerprint density at radius 1 is 1.36 bits per heavy atom. The molecule has 1 N–H and O–H groups in total. The van der Waals surface area contributed by atoms with Gasteiger partial charge in [0.25, 0.3) is 10.0 Å². The van der Waals surface area contributed by atoms with E-state index in [1.54, 1.807) is 31.3 Å². The first-order chi connectivity index (χ1) is 10.4. The molecular weight excluding hydrogens is 306 g/mol. The second-order valence-corrected chi connectivity index (χ2v) is 7.03. The van der Waals surface area contributed by atoms with Gasteiger partial charge in [0.05, 0.1) is 17.8 Å². The highest BCUT2D eigenvalue weighted by Gasteiger charge is 2.36. The summed E-state index contributed by atoms with van der Waals surface area (Å²) < 4.78 is 28.2. The lowest BCUT2D eigenvalue weighted by molar-refractivity contribution is -0.139. The van der Waals surface area contributed by atoms with Gasteiger partial charge >= 0.3 is 5.97 Å². The number of aromatic nitrogens is 2. The van der Waals surface area contributed by atoms with E-state index >= 15 is 0 Å². The van der Waals surface area contributed by atoms with Crippen molar-refractivity contribution in [1.82, 2.24) is 9.78 Å². The second kappa shape index (κ2) is 5.13. The molecule has 0 amide bonds. The molecule has 0 spiro atoms. The zero-order valence-corrected chi connectivity index (χ0v) is 12.7. The Hall–Kier alpha value is -2.35. The van der Waals surface area contributed by atoms with E-state index in [9.17, 15) is 18.3 Å². The fraction of sp³-hybridized carbons (Fsp3) is 0.286. The number of carboxylic acid groups (broad SMARTS) is 1. The van der Waals surface area contributed by atoms with Crippen molar-refractivity contribution in [3.8, 4) is 0 Å². The number of benzene rings is 1. The van der Waals surface area contributed by atoms with Gasteiger partial charge in [-0.2, -0.15) is 5.10 Å². The van der Waals surface area contributed by atoms with Gasteiger partial charge < -0.3 is 5.11 Å².